The molecule has 0 aliphatic carbocycles. The van der Waals surface area contributed by atoms with Gasteiger partial charge >= 0.3 is 6.09 Å². The molecule has 2 aromatic carbocycles. The molecule has 2 atom stereocenters. The molecule has 5 nitrogen and oxygen atoms in total. The predicted octanol–water partition coefficient (Wildman–Crippen LogP) is 3.06. The normalized spacial score (nSPS) is 20.0. The van der Waals surface area contributed by atoms with E-state index in [1.54, 1.807) is 7.11 Å². The standard InChI is InChI=1S/C18H19NO4/c1-21-15-9-7-14(8-10-15)17-16(23-18(20)19-17)12-22-11-13-5-3-2-4-6-13/h2-10,16-17H,11-12H2,1H3,(H,19,20)/t16-,17-/m0/s1. The summed E-state index contributed by atoms with van der Waals surface area (Å²) in [6.45, 7) is 0.828. The van der Waals surface area contributed by atoms with Crippen LogP contribution in [0.15, 0.2) is 54.6 Å². The molecule has 0 aromatic heterocycles. The van der Waals surface area contributed by atoms with Gasteiger partial charge in [-0.15, -0.1) is 0 Å². The molecule has 0 bridgehead atoms. The quantitative estimate of drug-likeness (QED) is 0.890. The highest BCUT2D eigenvalue weighted by atomic mass is 16.6. The van der Waals surface area contributed by atoms with E-state index in [2.05, 4.69) is 5.32 Å². The van der Waals surface area contributed by atoms with Gasteiger partial charge in [0.15, 0.2) is 6.10 Å². The smallest absolute Gasteiger partial charge is 0.408 e. The molecule has 0 unspecified atom stereocenters. The van der Waals surface area contributed by atoms with E-state index < -0.39 is 6.09 Å². The van der Waals surface area contributed by atoms with Gasteiger partial charge in [0.25, 0.3) is 0 Å². The first-order valence-corrected chi connectivity index (χ1v) is 7.49. The molecule has 5 heteroatoms. The van der Waals surface area contributed by atoms with Crippen LogP contribution in [0.4, 0.5) is 4.79 Å². The average Bonchev–Trinajstić information content (AvgIpc) is 2.97. The van der Waals surface area contributed by atoms with E-state index in [1.165, 1.54) is 0 Å². The van der Waals surface area contributed by atoms with Crippen molar-refractivity contribution in [2.45, 2.75) is 18.8 Å². The lowest BCUT2D eigenvalue weighted by Gasteiger charge is -2.17. The van der Waals surface area contributed by atoms with Gasteiger partial charge in [-0.2, -0.15) is 0 Å². The maximum Gasteiger partial charge on any atom is 0.408 e. The second kappa shape index (κ2) is 7.15. The van der Waals surface area contributed by atoms with Crippen LogP contribution in [-0.4, -0.2) is 25.9 Å². The molecule has 1 N–H and O–H groups in total. The summed E-state index contributed by atoms with van der Waals surface area (Å²) in [7, 11) is 1.62. The summed E-state index contributed by atoms with van der Waals surface area (Å²) >= 11 is 0. The summed E-state index contributed by atoms with van der Waals surface area (Å²) in [6.07, 6.45) is -0.765. The number of hydrogen-bond acceptors (Lipinski definition) is 4. The molecule has 1 aliphatic rings. The first-order chi connectivity index (χ1) is 11.3. The SMILES string of the molecule is COc1ccc([C@@H]2NC(=O)O[C@H]2COCc2ccccc2)cc1. The third-order valence-corrected chi connectivity index (χ3v) is 3.77. The molecule has 120 valence electrons. The van der Waals surface area contributed by atoms with E-state index in [1.807, 2.05) is 54.6 Å². The van der Waals surface area contributed by atoms with Crippen molar-refractivity contribution in [1.82, 2.24) is 5.32 Å². The largest absolute Gasteiger partial charge is 0.497 e. The Morgan fingerprint density at radius 3 is 2.52 bits per heavy atom. The van der Waals surface area contributed by atoms with Crippen LogP contribution in [0.5, 0.6) is 5.75 Å². The van der Waals surface area contributed by atoms with E-state index in [9.17, 15) is 4.79 Å². The second-order valence-electron chi connectivity index (χ2n) is 5.34. The summed E-state index contributed by atoms with van der Waals surface area (Å²) in [5.41, 5.74) is 2.05. The van der Waals surface area contributed by atoms with Crippen LogP contribution in [0.25, 0.3) is 0 Å². The third-order valence-electron chi connectivity index (χ3n) is 3.77. The van der Waals surface area contributed by atoms with Crippen molar-refractivity contribution in [3.05, 3.63) is 65.7 Å². The molecule has 1 fully saturated rings. The van der Waals surface area contributed by atoms with E-state index in [4.69, 9.17) is 14.2 Å². The monoisotopic (exact) mass is 313 g/mol. The molecular formula is C18H19NO4. The minimum absolute atomic E-state index is 0.218. The second-order valence-corrected chi connectivity index (χ2v) is 5.34. The fourth-order valence-electron chi connectivity index (χ4n) is 2.57. The van der Waals surface area contributed by atoms with Crippen molar-refractivity contribution < 1.29 is 19.0 Å². The predicted molar refractivity (Wildman–Crippen MR) is 85.2 cm³/mol. The number of ether oxygens (including phenoxy) is 3. The maximum atomic E-state index is 11.6. The maximum absolute atomic E-state index is 11.6. The number of rotatable bonds is 6. The van der Waals surface area contributed by atoms with Crippen LogP contribution in [0.2, 0.25) is 0 Å². The zero-order valence-electron chi connectivity index (χ0n) is 12.9. The summed E-state index contributed by atoms with van der Waals surface area (Å²) < 4.78 is 16.2. The molecule has 0 spiro atoms. The number of benzene rings is 2. The Morgan fingerprint density at radius 2 is 1.83 bits per heavy atom. The lowest BCUT2D eigenvalue weighted by Crippen LogP contribution is -2.26. The molecule has 1 saturated heterocycles. The number of cyclic esters (lactones) is 1. The van der Waals surface area contributed by atoms with Crippen LogP contribution >= 0.6 is 0 Å². The van der Waals surface area contributed by atoms with Crippen LogP contribution in [0.3, 0.4) is 0 Å². The first-order valence-electron chi connectivity index (χ1n) is 7.49. The van der Waals surface area contributed by atoms with E-state index in [0.29, 0.717) is 13.2 Å². The molecule has 1 aliphatic heterocycles. The van der Waals surface area contributed by atoms with Gasteiger partial charge in [0.05, 0.1) is 26.4 Å². The van der Waals surface area contributed by atoms with E-state index in [0.717, 1.165) is 16.9 Å². The Hall–Kier alpha value is -2.53. The molecule has 0 radical (unpaired) electrons. The average molecular weight is 313 g/mol. The molecule has 1 amide bonds. The van der Waals surface area contributed by atoms with Gasteiger partial charge in [0.1, 0.15) is 5.75 Å². The highest BCUT2D eigenvalue weighted by molar-refractivity contribution is 5.70. The van der Waals surface area contributed by atoms with Crippen molar-refractivity contribution in [1.29, 1.82) is 0 Å². The Bertz CT molecular complexity index is 642. The molecular weight excluding hydrogens is 294 g/mol. The van der Waals surface area contributed by atoms with Crippen LogP contribution in [0, 0.1) is 0 Å². The Balaban J connectivity index is 1.61. The first kappa shape index (κ1) is 15.4. The van der Waals surface area contributed by atoms with Crippen LogP contribution in [-0.2, 0) is 16.1 Å². The Morgan fingerprint density at radius 1 is 1.09 bits per heavy atom. The summed E-state index contributed by atoms with van der Waals surface area (Å²) in [6, 6.07) is 17.2. The number of nitrogens with one attached hydrogen (secondary N) is 1. The molecule has 2 aromatic rings. The van der Waals surface area contributed by atoms with Crippen molar-refractivity contribution in [3.63, 3.8) is 0 Å². The number of carbonyl (C=O) groups excluding carboxylic acids is 1. The van der Waals surface area contributed by atoms with Crippen molar-refractivity contribution >= 4 is 6.09 Å². The highest BCUT2D eigenvalue weighted by Crippen LogP contribution is 2.26. The minimum Gasteiger partial charge on any atom is -0.497 e. The molecule has 0 saturated carbocycles. The topological polar surface area (TPSA) is 56.8 Å². The van der Waals surface area contributed by atoms with Crippen molar-refractivity contribution in [3.8, 4) is 5.75 Å². The Labute approximate surface area is 135 Å². The van der Waals surface area contributed by atoms with Gasteiger partial charge < -0.3 is 19.5 Å². The molecule has 23 heavy (non-hydrogen) atoms. The highest BCUT2D eigenvalue weighted by Gasteiger charge is 2.35. The number of methoxy groups -OCH3 is 1. The van der Waals surface area contributed by atoms with Gasteiger partial charge in [-0.25, -0.2) is 4.79 Å². The van der Waals surface area contributed by atoms with Gasteiger partial charge in [-0.3, -0.25) is 0 Å². The van der Waals surface area contributed by atoms with Crippen LogP contribution in [0.1, 0.15) is 17.2 Å². The molecule has 3 rings (SSSR count). The van der Waals surface area contributed by atoms with Gasteiger partial charge in [0, 0.05) is 0 Å². The fraction of sp³-hybridized carbons (Fsp3) is 0.278. The third kappa shape index (κ3) is 3.81. The van der Waals surface area contributed by atoms with Gasteiger partial charge in [-0.1, -0.05) is 42.5 Å². The molecule has 1 heterocycles. The lowest BCUT2D eigenvalue weighted by molar-refractivity contribution is 0.0271. The summed E-state index contributed by atoms with van der Waals surface area (Å²) in [4.78, 5) is 11.6. The van der Waals surface area contributed by atoms with Crippen molar-refractivity contribution in [2.75, 3.05) is 13.7 Å². The zero-order valence-corrected chi connectivity index (χ0v) is 12.9. The van der Waals surface area contributed by atoms with E-state index in [-0.39, 0.29) is 12.1 Å². The lowest BCUT2D eigenvalue weighted by atomic mass is 10.0. The van der Waals surface area contributed by atoms with Gasteiger partial charge in [0.2, 0.25) is 0 Å². The minimum atomic E-state index is -0.417. The summed E-state index contributed by atoms with van der Waals surface area (Å²) in [5, 5.41) is 2.82. The number of amides is 1. The number of hydrogen-bond donors (Lipinski definition) is 1. The fourth-order valence-corrected chi connectivity index (χ4v) is 2.57. The van der Waals surface area contributed by atoms with Crippen LogP contribution < -0.4 is 10.1 Å². The summed E-state index contributed by atoms with van der Waals surface area (Å²) in [5.74, 6) is 0.774. The Kier molecular flexibility index (Phi) is 4.78. The zero-order chi connectivity index (χ0) is 16.1. The van der Waals surface area contributed by atoms with E-state index >= 15 is 0 Å². The van der Waals surface area contributed by atoms with Gasteiger partial charge in [-0.05, 0) is 23.3 Å². The van der Waals surface area contributed by atoms with Crippen molar-refractivity contribution in [2.24, 2.45) is 0 Å². The number of alkyl carbamates (subject to hydrolysis) is 1. The number of carbonyl (C=O) groups is 1.